The van der Waals surface area contributed by atoms with Crippen molar-refractivity contribution in [2.75, 3.05) is 9.80 Å². The Labute approximate surface area is 448 Å². The Morgan fingerprint density at radius 3 is 1.58 bits per heavy atom. The summed E-state index contributed by atoms with van der Waals surface area (Å²) in [6.45, 7) is 2.26. The number of aromatic nitrogens is 3. The Morgan fingerprint density at radius 1 is 0.325 bits per heavy atom. The van der Waals surface area contributed by atoms with Gasteiger partial charge in [0.15, 0.2) is 5.82 Å². The maximum Gasteiger partial charge on any atom is 0.252 e. The van der Waals surface area contributed by atoms with E-state index in [1.54, 1.807) is 0 Å². The number of hydrogen-bond donors (Lipinski definition) is 0. The Bertz CT molecular complexity index is 4360. The number of nitrogens with zero attached hydrogens (tertiary/aromatic N) is 5. The zero-order chi connectivity index (χ0) is 51.0. The van der Waals surface area contributed by atoms with Crippen LogP contribution < -0.4 is 26.2 Å². The third-order valence-electron chi connectivity index (χ3n) is 15.6. The lowest BCUT2D eigenvalue weighted by Gasteiger charge is -2.44. The fourth-order valence-electron chi connectivity index (χ4n) is 12.2. The van der Waals surface area contributed by atoms with Gasteiger partial charge in [0.25, 0.3) is 6.71 Å². The van der Waals surface area contributed by atoms with Crippen LogP contribution in [0.4, 0.5) is 34.1 Å². The van der Waals surface area contributed by atoms with E-state index in [1.165, 1.54) is 61.0 Å². The molecule has 13 aromatic rings. The number of hydrogen-bond acceptors (Lipinski definition) is 4. The summed E-state index contributed by atoms with van der Waals surface area (Å²) in [5, 5.41) is 2.47. The highest BCUT2D eigenvalue weighted by molar-refractivity contribution is 7.00. The van der Waals surface area contributed by atoms with Gasteiger partial charge in [0.2, 0.25) is 0 Å². The second-order valence-corrected chi connectivity index (χ2v) is 20.2. The summed E-state index contributed by atoms with van der Waals surface area (Å²) in [7, 11) is 0. The lowest BCUT2D eigenvalue weighted by atomic mass is 9.33. The predicted octanol–water partition coefficient (Wildman–Crippen LogP) is 16.3. The van der Waals surface area contributed by atoms with Crippen molar-refractivity contribution in [2.24, 2.45) is 0 Å². The minimum atomic E-state index is 0.0849. The van der Waals surface area contributed by atoms with E-state index < -0.39 is 0 Å². The van der Waals surface area contributed by atoms with Gasteiger partial charge >= 0.3 is 0 Å². The van der Waals surface area contributed by atoms with Crippen LogP contribution in [0, 0.1) is 6.92 Å². The van der Waals surface area contributed by atoms with E-state index in [4.69, 9.17) is 9.97 Å². The first-order valence-electron chi connectivity index (χ1n) is 26.4. The van der Waals surface area contributed by atoms with E-state index in [1.807, 2.05) is 24.3 Å². The highest BCUT2D eigenvalue weighted by Crippen LogP contribution is 2.45. The van der Waals surface area contributed by atoms with E-state index in [9.17, 15) is 0 Å². The van der Waals surface area contributed by atoms with Gasteiger partial charge in [-0.05, 0) is 125 Å². The van der Waals surface area contributed by atoms with Gasteiger partial charge in [0.05, 0.1) is 28.1 Å². The summed E-state index contributed by atoms with van der Waals surface area (Å²) in [6.07, 6.45) is 0. The molecule has 0 saturated carbocycles. The first kappa shape index (κ1) is 44.5. The van der Waals surface area contributed by atoms with Crippen molar-refractivity contribution < 1.29 is 0 Å². The standard InChI is InChI=1S/C71H48BN5/c1-47-35-41-65-58(43-47)56-27-11-14-30-63(56)77(65)64-42-40-53(62-46-61(50-19-5-2-6-20-50)73-71(74-62)51-21-7-3-8-22-51)45-57(64)49-38-36-48(37-39-49)52-23-17-26-55(44-52)76-67-32-16-13-29-60(67)72-59-28-12-15-31-66(59)75(54-24-9-4-10-25-54)68-33-18-34-69(76)70(68)72/h2-46H,1H3. The number of fused-ring (bicyclic) bond motifs is 7. The Kier molecular flexibility index (Phi) is 10.5. The molecular weight excluding hydrogens is 934 g/mol. The molecule has 2 aliphatic rings. The molecule has 0 saturated heterocycles. The van der Waals surface area contributed by atoms with Crippen LogP contribution in [0.1, 0.15) is 5.56 Å². The van der Waals surface area contributed by atoms with Crippen molar-refractivity contribution in [3.8, 4) is 61.8 Å². The average molecular weight is 982 g/mol. The molecule has 0 aliphatic carbocycles. The largest absolute Gasteiger partial charge is 0.311 e. The summed E-state index contributed by atoms with van der Waals surface area (Å²) >= 11 is 0. The summed E-state index contributed by atoms with van der Waals surface area (Å²) in [5.41, 5.74) is 24.9. The van der Waals surface area contributed by atoms with Gasteiger partial charge in [0.1, 0.15) is 0 Å². The highest BCUT2D eigenvalue weighted by Gasteiger charge is 2.42. The SMILES string of the molecule is Cc1ccc2c(c1)c1ccccc1n2-c1ccc(-c2cc(-c3ccccc3)nc(-c3ccccc3)n2)cc1-c1ccc(-c2cccc(N3c4ccccc4B4c5ccccc5N(c5ccccc5)c5cccc3c54)c2)cc1. The van der Waals surface area contributed by atoms with Crippen LogP contribution in [0.15, 0.2) is 273 Å². The number of benzene rings is 11. The second kappa shape index (κ2) is 18.1. The third kappa shape index (κ3) is 7.40. The topological polar surface area (TPSA) is 37.2 Å². The predicted molar refractivity (Wildman–Crippen MR) is 322 cm³/mol. The average Bonchev–Trinajstić information content (AvgIpc) is 3.86. The van der Waals surface area contributed by atoms with E-state index in [0.717, 1.165) is 72.9 Å². The molecule has 0 spiro atoms. The van der Waals surface area contributed by atoms with Gasteiger partial charge in [-0.25, -0.2) is 9.97 Å². The maximum absolute atomic E-state index is 5.29. The summed E-state index contributed by atoms with van der Waals surface area (Å²) in [5.74, 6) is 0.691. The highest BCUT2D eigenvalue weighted by atomic mass is 15.2. The number of anilines is 6. The van der Waals surface area contributed by atoms with Gasteiger partial charge in [0, 0.05) is 67.2 Å². The van der Waals surface area contributed by atoms with E-state index in [2.05, 4.69) is 270 Å². The van der Waals surface area contributed by atoms with Crippen LogP contribution in [-0.4, -0.2) is 21.2 Å². The van der Waals surface area contributed by atoms with Crippen molar-refractivity contribution in [3.05, 3.63) is 279 Å². The number of aryl methyl sites for hydroxylation is 1. The Hall–Kier alpha value is -10.0. The van der Waals surface area contributed by atoms with Crippen LogP contribution in [0.5, 0.6) is 0 Å². The molecule has 0 unspecified atom stereocenters. The van der Waals surface area contributed by atoms with E-state index in [0.29, 0.717) is 5.82 Å². The van der Waals surface area contributed by atoms with Crippen LogP contribution in [0.3, 0.4) is 0 Å². The fourth-order valence-corrected chi connectivity index (χ4v) is 12.2. The van der Waals surface area contributed by atoms with Crippen molar-refractivity contribution in [3.63, 3.8) is 0 Å². The van der Waals surface area contributed by atoms with Crippen LogP contribution in [0.25, 0.3) is 83.6 Å². The molecule has 11 aromatic carbocycles. The van der Waals surface area contributed by atoms with Gasteiger partial charge in [-0.2, -0.15) is 0 Å². The van der Waals surface area contributed by atoms with Gasteiger partial charge in [-0.3, -0.25) is 0 Å². The molecule has 0 N–H and O–H groups in total. The molecule has 0 atom stereocenters. The number of rotatable bonds is 8. The monoisotopic (exact) mass is 981 g/mol. The first-order chi connectivity index (χ1) is 38.1. The van der Waals surface area contributed by atoms with Crippen LogP contribution in [0.2, 0.25) is 0 Å². The summed E-state index contributed by atoms with van der Waals surface area (Å²) in [4.78, 5) is 15.3. The summed E-state index contributed by atoms with van der Waals surface area (Å²) < 4.78 is 2.44. The number of para-hydroxylation sites is 4. The molecule has 0 radical (unpaired) electrons. The lowest BCUT2D eigenvalue weighted by molar-refractivity contribution is 1.17. The normalized spacial score (nSPS) is 12.4. The third-order valence-corrected chi connectivity index (χ3v) is 15.6. The van der Waals surface area contributed by atoms with E-state index in [-0.39, 0.29) is 6.71 Å². The summed E-state index contributed by atoms with van der Waals surface area (Å²) in [6, 6.07) is 98.9. The maximum atomic E-state index is 5.29. The molecular formula is C71H48BN5. The molecule has 77 heavy (non-hydrogen) atoms. The minimum Gasteiger partial charge on any atom is -0.311 e. The molecule has 2 aromatic heterocycles. The molecule has 5 nitrogen and oxygen atoms in total. The van der Waals surface area contributed by atoms with Crippen molar-refractivity contribution in [1.29, 1.82) is 0 Å². The second-order valence-electron chi connectivity index (χ2n) is 20.2. The lowest BCUT2D eigenvalue weighted by Crippen LogP contribution is -2.61. The first-order valence-corrected chi connectivity index (χ1v) is 26.4. The zero-order valence-corrected chi connectivity index (χ0v) is 42.3. The van der Waals surface area contributed by atoms with Crippen LogP contribution in [-0.2, 0) is 0 Å². The quantitative estimate of drug-likeness (QED) is 0.142. The van der Waals surface area contributed by atoms with Crippen molar-refractivity contribution in [2.45, 2.75) is 6.92 Å². The molecule has 0 bridgehead atoms. The molecule has 0 fully saturated rings. The zero-order valence-electron chi connectivity index (χ0n) is 42.3. The van der Waals surface area contributed by atoms with Gasteiger partial charge in [-0.15, -0.1) is 0 Å². The molecule has 2 aliphatic heterocycles. The van der Waals surface area contributed by atoms with Crippen LogP contribution >= 0.6 is 0 Å². The van der Waals surface area contributed by atoms with E-state index >= 15 is 0 Å². The smallest absolute Gasteiger partial charge is 0.252 e. The van der Waals surface area contributed by atoms with Gasteiger partial charge < -0.3 is 14.4 Å². The van der Waals surface area contributed by atoms with Crippen molar-refractivity contribution >= 4 is 79.0 Å². The Morgan fingerprint density at radius 2 is 0.857 bits per heavy atom. The molecule has 15 rings (SSSR count). The molecule has 4 heterocycles. The molecule has 360 valence electrons. The fraction of sp³-hybridized carbons (Fsp3) is 0.0141. The minimum absolute atomic E-state index is 0.0849. The Balaban J connectivity index is 0.868. The van der Waals surface area contributed by atoms with Crippen molar-refractivity contribution in [1.82, 2.24) is 14.5 Å². The molecule has 0 amide bonds. The molecule has 6 heteroatoms. The van der Waals surface area contributed by atoms with Gasteiger partial charge in [-0.1, -0.05) is 194 Å².